The van der Waals surface area contributed by atoms with Crippen molar-refractivity contribution in [3.8, 4) is 0 Å². The van der Waals surface area contributed by atoms with Crippen molar-refractivity contribution in [2.45, 2.75) is 25.4 Å². The van der Waals surface area contributed by atoms with Gasteiger partial charge in [-0.3, -0.25) is 9.20 Å². The average molecular weight is 277 g/mol. The van der Waals surface area contributed by atoms with E-state index in [1.165, 1.54) is 0 Å². The fourth-order valence-corrected chi connectivity index (χ4v) is 2.49. The van der Waals surface area contributed by atoms with Gasteiger partial charge in [0.25, 0.3) is 0 Å². The van der Waals surface area contributed by atoms with E-state index in [1.54, 1.807) is 16.8 Å². The zero-order chi connectivity index (χ0) is 14.3. The molecule has 8 nitrogen and oxygen atoms in total. The van der Waals surface area contributed by atoms with Crippen molar-refractivity contribution in [2.75, 3.05) is 11.9 Å². The molecule has 3 rings (SSSR count). The first-order chi connectivity index (χ1) is 9.48. The number of hydrogen-bond acceptors (Lipinski definition) is 6. The largest absolute Gasteiger partial charge is 0.481 e. The summed E-state index contributed by atoms with van der Waals surface area (Å²) in [5, 5.41) is 30.0. The number of fused-ring (bicyclic) bond motifs is 1. The highest BCUT2D eigenvalue weighted by Gasteiger charge is 2.46. The molecule has 20 heavy (non-hydrogen) atoms. The number of nitrogens with one attached hydrogen (secondary N) is 1. The second-order valence-electron chi connectivity index (χ2n) is 5.24. The van der Waals surface area contributed by atoms with E-state index in [4.69, 9.17) is 5.11 Å². The topological polar surface area (TPSA) is 113 Å². The van der Waals surface area contributed by atoms with Crippen LogP contribution in [0.4, 0.5) is 5.82 Å². The minimum Gasteiger partial charge on any atom is -0.481 e. The Labute approximate surface area is 114 Å². The Bertz CT molecular complexity index is 662. The van der Waals surface area contributed by atoms with Gasteiger partial charge < -0.3 is 15.5 Å². The van der Waals surface area contributed by atoms with E-state index in [-0.39, 0.29) is 19.4 Å². The Morgan fingerprint density at radius 1 is 1.55 bits per heavy atom. The molecule has 8 heteroatoms. The summed E-state index contributed by atoms with van der Waals surface area (Å²) >= 11 is 0. The Kier molecular flexibility index (Phi) is 2.82. The summed E-state index contributed by atoms with van der Waals surface area (Å²) in [4.78, 5) is 14.9. The number of carbonyl (C=O) groups is 1. The first kappa shape index (κ1) is 12.8. The normalized spacial score (nSPS) is 25.4. The lowest BCUT2D eigenvalue weighted by atomic mass is 9.71. The summed E-state index contributed by atoms with van der Waals surface area (Å²) in [6.45, 7) is 2.08. The Morgan fingerprint density at radius 2 is 2.30 bits per heavy atom. The van der Waals surface area contributed by atoms with Gasteiger partial charge in [-0.2, -0.15) is 0 Å². The van der Waals surface area contributed by atoms with Gasteiger partial charge in [-0.1, -0.05) is 0 Å². The molecule has 1 saturated carbocycles. The van der Waals surface area contributed by atoms with Crippen molar-refractivity contribution in [3.63, 3.8) is 0 Å². The minimum absolute atomic E-state index is 0.245. The summed E-state index contributed by atoms with van der Waals surface area (Å²) < 4.78 is 1.79. The number of carboxylic acids is 1. The molecule has 0 unspecified atom stereocenters. The number of aliphatic hydroxyl groups is 1. The SMILES string of the molecule is Cc1nnc2c(NCC3(O)CC(C(=O)O)C3)nccn12. The van der Waals surface area contributed by atoms with Crippen molar-refractivity contribution in [1.29, 1.82) is 0 Å². The lowest BCUT2D eigenvalue weighted by Crippen LogP contribution is -2.51. The predicted octanol–water partition coefficient (Wildman–Crippen LogP) is 0.0703. The molecule has 2 aromatic heterocycles. The molecule has 1 aliphatic rings. The highest BCUT2D eigenvalue weighted by molar-refractivity contribution is 5.71. The highest BCUT2D eigenvalue weighted by Crippen LogP contribution is 2.38. The molecule has 0 atom stereocenters. The number of nitrogens with zero attached hydrogens (tertiary/aromatic N) is 4. The lowest BCUT2D eigenvalue weighted by Gasteiger charge is -2.41. The molecule has 0 spiro atoms. The molecule has 2 heterocycles. The Balaban J connectivity index is 1.71. The molecule has 106 valence electrons. The van der Waals surface area contributed by atoms with Crippen LogP contribution in [0.1, 0.15) is 18.7 Å². The number of anilines is 1. The summed E-state index contributed by atoms with van der Waals surface area (Å²) in [5.74, 6) is -0.0390. The van der Waals surface area contributed by atoms with Gasteiger partial charge in [-0.25, -0.2) is 4.98 Å². The van der Waals surface area contributed by atoms with Crippen LogP contribution in [0.25, 0.3) is 5.65 Å². The first-order valence-electron chi connectivity index (χ1n) is 6.34. The smallest absolute Gasteiger partial charge is 0.306 e. The van der Waals surface area contributed by atoms with E-state index >= 15 is 0 Å². The number of aryl methyl sites for hydroxylation is 1. The quantitative estimate of drug-likeness (QED) is 0.724. The molecular formula is C12H15N5O3. The maximum Gasteiger partial charge on any atom is 0.306 e. The maximum absolute atomic E-state index is 10.8. The Hall–Kier alpha value is -2.22. The van der Waals surface area contributed by atoms with Crippen LogP contribution >= 0.6 is 0 Å². The third kappa shape index (κ3) is 2.07. The first-order valence-corrected chi connectivity index (χ1v) is 6.34. The number of hydrogen-bond donors (Lipinski definition) is 3. The number of carboxylic acid groups (broad SMARTS) is 1. The zero-order valence-electron chi connectivity index (χ0n) is 10.9. The predicted molar refractivity (Wildman–Crippen MR) is 69.3 cm³/mol. The van der Waals surface area contributed by atoms with Gasteiger partial charge in [0, 0.05) is 18.9 Å². The second kappa shape index (κ2) is 4.41. The van der Waals surface area contributed by atoms with Crippen molar-refractivity contribution < 1.29 is 15.0 Å². The van der Waals surface area contributed by atoms with Crippen LogP contribution in [0.3, 0.4) is 0 Å². The molecule has 0 aromatic carbocycles. The Morgan fingerprint density at radius 3 is 3.00 bits per heavy atom. The van der Waals surface area contributed by atoms with Gasteiger partial charge in [0.05, 0.1) is 11.5 Å². The van der Waals surface area contributed by atoms with Gasteiger partial charge in [0.2, 0.25) is 5.65 Å². The lowest BCUT2D eigenvalue weighted by molar-refractivity contribution is -0.156. The molecule has 1 fully saturated rings. The van der Waals surface area contributed by atoms with E-state index < -0.39 is 17.5 Å². The van der Waals surface area contributed by atoms with Crippen LogP contribution in [0.2, 0.25) is 0 Å². The monoisotopic (exact) mass is 277 g/mol. The van der Waals surface area contributed by atoms with Gasteiger partial charge >= 0.3 is 5.97 Å². The van der Waals surface area contributed by atoms with Crippen molar-refractivity contribution in [1.82, 2.24) is 19.6 Å². The van der Waals surface area contributed by atoms with E-state index in [9.17, 15) is 9.90 Å². The van der Waals surface area contributed by atoms with E-state index in [0.717, 1.165) is 5.82 Å². The van der Waals surface area contributed by atoms with Crippen molar-refractivity contribution in [3.05, 3.63) is 18.2 Å². The van der Waals surface area contributed by atoms with Crippen LogP contribution in [-0.4, -0.2) is 47.9 Å². The van der Waals surface area contributed by atoms with E-state index in [2.05, 4.69) is 20.5 Å². The fourth-order valence-electron chi connectivity index (χ4n) is 2.49. The second-order valence-corrected chi connectivity index (χ2v) is 5.24. The number of rotatable bonds is 4. The fraction of sp³-hybridized carbons (Fsp3) is 0.500. The maximum atomic E-state index is 10.8. The van der Waals surface area contributed by atoms with Crippen molar-refractivity contribution in [2.24, 2.45) is 5.92 Å². The molecule has 0 amide bonds. The summed E-state index contributed by atoms with van der Waals surface area (Å²) in [6, 6.07) is 0. The van der Waals surface area contributed by atoms with Crippen LogP contribution in [0.5, 0.6) is 0 Å². The molecule has 0 radical (unpaired) electrons. The summed E-state index contributed by atoms with van der Waals surface area (Å²) in [5.41, 5.74) is -0.408. The van der Waals surface area contributed by atoms with Crippen LogP contribution in [0.15, 0.2) is 12.4 Å². The number of aliphatic carboxylic acids is 1. The summed E-state index contributed by atoms with van der Waals surface area (Å²) in [6.07, 6.45) is 3.89. The average Bonchev–Trinajstić information content (AvgIpc) is 2.75. The standard InChI is InChI=1S/C12H15N5O3/c1-7-15-16-10-9(13-2-3-17(7)10)14-6-12(20)4-8(5-12)11(18)19/h2-3,8,20H,4-6H2,1H3,(H,13,14)(H,18,19). The van der Waals surface area contributed by atoms with Gasteiger partial charge in [-0.15, -0.1) is 10.2 Å². The number of aromatic nitrogens is 4. The zero-order valence-corrected chi connectivity index (χ0v) is 10.9. The van der Waals surface area contributed by atoms with Gasteiger partial charge in [0.15, 0.2) is 5.82 Å². The van der Waals surface area contributed by atoms with Crippen LogP contribution < -0.4 is 5.32 Å². The molecule has 3 N–H and O–H groups in total. The van der Waals surface area contributed by atoms with Gasteiger partial charge in [0.1, 0.15) is 5.82 Å². The van der Waals surface area contributed by atoms with Crippen LogP contribution in [-0.2, 0) is 4.79 Å². The summed E-state index contributed by atoms with van der Waals surface area (Å²) in [7, 11) is 0. The molecule has 0 bridgehead atoms. The third-order valence-electron chi connectivity index (χ3n) is 3.68. The molecular weight excluding hydrogens is 262 g/mol. The van der Waals surface area contributed by atoms with E-state index in [0.29, 0.717) is 11.5 Å². The van der Waals surface area contributed by atoms with Crippen LogP contribution in [0, 0.1) is 12.8 Å². The molecule has 1 aliphatic carbocycles. The van der Waals surface area contributed by atoms with Crippen molar-refractivity contribution >= 4 is 17.4 Å². The van der Waals surface area contributed by atoms with E-state index in [1.807, 2.05) is 6.92 Å². The molecule has 0 aliphatic heterocycles. The molecule has 0 saturated heterocycles. The third-order valence-corrected chi connectivity index (χ3v) is 3.68. The minimum atomic E-state index is -0.993. The van der Waals surface area contributed by atoms with Gasteiger partial charge in [-0.05, 0) is 19.8 Å². The molecule has 2 aromatic rings. The highest BCUT2D eigenvalue weighted by atomic mass is 16.4.